The number of amides is 1. The Kier molecular flexibility index (Phi) is 8.26. The minimum atomic E-state index is -4.64. The largest absolute Gasteiger partial charge is 0.417 e. The molecule has 1 amide bonds. The maximum absolute atomic E-state index is 13.2. The molecule has 0 aliphatic heterocycles. The molecule has 2 aromatic rings. The summed E-state index contributed by atoms with van der Waals surface area (Å²) >= 11 is 5.95. The van der Waals surface area contributed by atoms with Crippen LogP contribution in [-0.4, -0.2) is 35.4 Å². The second-order valence-corrected chi connectivity index (χ2v) is 7.97. The molecule has 0 saturated heterocycles. The van der Waals surface area contributed by atoms with Crippen LogP contribution in [-0.2, 0) is 6.18 Å². The highest BCUT2D eigenvalue weighted by molar-refractivity contribution is 6.34. The summed E-state index contributed by atoms with van der Waals surface area (Å²) in [6, 6.07) is 6.34. The third-order valence-corrected chi connectivity index (χ3v) is 5.78. The number of halogens is 4. The minimum Gasteiger partial charge on any atom is -0.344 e. The van der Waals surface area contributed by atoms with Crippen molar-refractivity contribution in [3.8, 4) is 0 Å². The number of carbonyl (C=O) groups excluding carboxylic acids is 1. The first-order valence-electron chi connectivity index (χ1n) is 9.83. The number of rotatable bonds is 8. The monoisotopic (exact) mass is 441 g/mol. The first-order valence-corrected chi connectivity index (χ1v) is 10.2. The molecule has 3 unspecified atom stereocenters. The lowest BCUT2D eigenvalue weighted by atomic mass is 9.98. The van der Waals surface area contributed by atoms with Crippen LogP contribution in [0.1, 0.15) is 54.7 Å². The van der Waals surface area contributed by atoms with Crippen LogP contribution in [0.4, 0.5) is 13.2 Å². The van der Waals surface area contributed by atoms with Gasteiger partial charge in [0.05, 0.1) is 22.2 Å². The molecule has 0 spiro atoms. The number of pyridine rings is 1. The third-order valence-electron chi connectivity index (χ3n) is 5.37. The molecule has 0 aliphatic carbocycles. The van der Waals surface area contributed by atoms with Crippen molar-refractivity contribution in [1.29, 1.82) is 0 Å². The highest BCUT2D eigenvalue weighted by Crippen LogP contribution is 2.36. The van der Waals surface area contributed by atoms with E-state index in [1.54, 1.807) is 24.5 Å². The van der Waals surface area contributed by atoms with E-state index in [-0.39, 0.29) is 11.6 Å². The molecule has 30 heavy (non-hydrogen) atoms. The molecule has 0 aliphatic rings. The molecule has 8 heteroatoms. The Balaban J connectivity index is 2.34. The van der Waals surface area contributed by atoms with Crippen LogP contribution >= 0.6 is 11.6 Å². The normalized spacial score (nSPS) is 15.0. The Bertz CT molecular complexity index is 845. The molecular weight excluding hydrogens is 415 g/mol. The van der Waals surface area contributed by atoms with Crippen molar-refractivity contribution in [3.05, 3.63) is 64.4 Å². The van der Waals surface area contributed by atoms with Gasteiger partial charge in [-0.2, -0.15) is 13.2 Å². The minimum absolute atomic E-state index is 0.116. The highest BCUT2D eigenvalue weighted by atomic mass is 35.5. The number of alkyl halides is 3. The lowest BCUT2D eigenvalue weighted by molar-refractivity contribution is -0.137. The molecule has 3 atom stereocenters. The second-order valence-electron chi connectivity index (χ2n) is 7.59. The van der Waals surface area contributed by atoms with E-state index in [0.29, 0.717) is 5.92 Å². The number of aromatic nitrogens is 1. The van der Waals surface area contributed by atoms with Crippen LogP contribution in [0.5, 0.6) is 0 Å². The number of hydrogen-bond acceptors (Lipinski definition) is 3. The summed E-state index contributed by atoms with van der Waals surface area (Å²) in [5, 5.41) is 2.28. The van der Waals surface area contributed by atoms with Gasteiger partial charge in [0.2, 0.25) is 0 Å². The summed E-state index contributed by atoms with van der Waals surface area (Å²) < 4.78 is 39.5. The number of nitrogens with one attached hydrogen (secondary N) is 1. The Morgan fingerprint density at radius 3 is 2.40 bits per heavy atom. The molecule has 0 saturated carbocycles. The topological polar surface area (TPSA) is 45.2 Å². The molecular formula is C22H27ClF3N3O. The van der Waals surface area contributed by atoms with Gasteiger partial charge in [-0.3, -0.25) is 9.78 Å². The van der Waals surface area contributed by atoms with Gasteiger partial charge in [0, 0.05) is 25.0 Å². The molecule has 1 aromatic heterocycles. The van der Waals surface area contributed by atoms with E-state index >= 15 is 0 Å². The standard InChI is InChI=1S/C22H27ClF3N3O/c1-5-14(2)13-29(4)15(3)20(16-9-11-27-12-10-16)28-21(30)17-7-6-8-18(19(17)23)22(24,25)26/h6-12,14-15,20H,5,13H2,1-4H3,(H,28,30). The van der Waals surface area contributed by atoms with Crippen molar-refractivity contribution >= 4 is 17.5 Å². The van der Waals surface area contributed by atoms with Crippen LogP contribution in [0.3, 0.4) is 0 Å². The van der Waals surface area contributed by atoms with Crippen molar-refractivity contribution in [3.63, 3.8) is 0 Å². The fourth-order valence-electron chi connectivity index (χ4n) is 3.24. The average Bonchev–Trinajstić information content (AvgIpc) is 2.71. The molecule has 164 valence electrons. The number of nitrogens with zero attached hydrogens (tertiary/aromatic N) is 2. The van der Waals surface area contributed by atoms with Crippen LogP contribution in [0, 0.1) is 5.92 Å². The SMILES string of the molecule is CCC(C)CN(C)C(C)C(NC(=O)c1cccc(C(F)(F)F)c1Cl)c1ccncc1. The van der Waals surface area contributed by atoms with Crippen molar-refractivity contribution in [1.82, 2.24) is 15.2 Å². The van der Waals surface area contributed by atoms with Gasteiger partial charge in [0.1, 0.15) is 0 Å². The van der Waals surface area contributed by atoms with Gasteiger partial charge < -0.3 is 10.2 Å². The fourth-order valence-corrected chi connectivity index (χ4v) is 3.56. The van der Waals surface area contributed by atoms with Crippen LogP contribution in [0.15, 0.2) is 42.7 Å². The van der Waals surface area contributed by atoms with Crippen LogP contribution in [0.25, 0.3) is 0 Å². The van der Waals surface area contributed by atoms with Gasteiger partial charge >= 0.3 is 6.18 Å². The van der Waals surface area contributed by atoms with Gasteiger partial charge in [-0.1, -0.05) is 37.9 Å². The van der Waals surface area contributed by atoms with E-state index in [9.17, 15) is 18.0 Å². The zero-order valence-corrected chi connectivity index (χ0v) is 18.3. The molecule has 1 aromatic carbocycles. The van der Waals surface area contributed by atoms with Gasteiger partial charge in [0.15, 0.2) is 0 Å². The van der Waals surface area contributed by atoms with Gasteiger partial charge in [-0.05, 0) is 49.7 Å². The maximum Gasteiger partial charge on any atom is 0.417 e. The maximum atomic E-state index is 13.2. The first kappa shape index (κ1) is 24.2. The second kappa shape index (κ2) is 10.3. The molecule has 0 radical (unpaired) electrons. The molecule has 1 heterocycles. The summed E-state index contributed by atoms with van der Waals surface area (Å²) in [5.41, 5.74) is -0.425. The highest BCUT2D eigenvalue weighted by Gasteiger charge is 2.35. The van der Waals surface area contributed by atoms with Crippen molar-refractivity contribution in [2.45, 2.75) is 45.5 Å². The Morgan fingerprint density at radius 1 is 1.20 bits per heavy atom. The summed E-state index contributed by atoms with van der Waals surface area (Å²) in [6.07, 6.45) is -0.384. The third kappa shape index (κ3) is 5.95. The van der Waals surface area contributed by atoms with Gasteiger partial charge in [-0.25, -0.2) is 0 Å². The first-order chi connectivity index (χ1) is 14.1. The Hall–Kier alpha value is -2.12. The zero-order chi connectivity index (χ0) is 22.5. The summed E-state index contributed by atoms with van der Waals surface area (Å²) in [5.74, 6) is -0.194. The summed E-state index contributed by atoms with van der Waals surface area (Å²) in [6.45, 7) is 7.05. The zero-order valence-electron chi connectivity index (χ0n) is 17.5. The van der Waals surface area contributed by atoms with Crippen molar-refractivity contribution < 1.29 is 18.0 Å². The van der Waals surface area contributed by atoms with Gasteiger partial charge in [0.25, 0.3) is 5.91 Å². The van der Waals surface area contributed by atoms with Crippen LogP contribution < -0.4 is 5.32 Å². The quantitative estimate of drug-likeness (QED) is 0.580. The van der Waals surface area contributed by atoms with E-state index in [1.165, 1.54) is 12.1 Å². The molecule has 1 N–H and O–H groups in total. The van der Waals surface area contributed by atoms with E-state index < -0.39 is 28.7 Å². The van der Waals surface area contributed by atoms with E-state index in [4.69, 9.17) is 11.6 Å². The Labute approximate surface area is 180 Å². The van der Waals surface area contributed by atoms with E-state index in [2.05, 4.69) is 29.0 Å². The fraction of sp³-hybridized carbons (Fsp3) is 0.455. The number of carbonyl (C=O) groups is 1. The van der Waals surface area contributed by atoms with Gasteiger partial charge in [-0.15, -0.1) is 0 Å². The lowest BCUT2D eigenvalue weighted by Gasteiger charge is -2.34. The molecule has 0 bridgehead atoms. The van der Waals surface area contributed by atoms with Crippen molar-refractivity contribution in [2.75, 3.05) is 13.6 Å². The van der Waals surface area contributed by atoms with E-state index in [1.807, 2.05) is 14.0 Å². The number of likely N-dealkylation sites (N-methyl/N-ethyl adjacent to an activating group) is 1. The van der Waals surface area contributed by atoms with E-state index in [0.717, 1.165) is 24.6 Å². The molecule has 0 fully saturated rings. The smallest absolute Gasteiger partial charge is 0.344 e. The Morgan fingerprint density at radius 2 is 1.83 bits per heavy atom. The predicted octanol–water partition coefficient (Wildman–Crippen LogP) is 5.59. The van der Waals surface area contributed by atoms with Crippen LogP contribution in [0.2, 0.25) is 5.02 Å². The number of hydrogen-bond donors (Lipinski definition) is 1. The average molecular weight is 442 g/mol. The number of benzene rings is 1. The van der Waals surface area contributed by atoms with Crippen molar-refractivity contribution in [2.24, 2.45) is 5.92 Å². The predicted molar refractivity (Wildman–Crippen MR) is 112 cm³/mol. The molecule has 2 rings (SSSR count). The summed E-state index contributed by atoms with van der Waals surface area (Å²) in [4.78, 5) is 19.1. The summed E-state index contributed by atoms with van der Waals surface area (Å²) in [7, 11) is 1.97. The lowest BCUT2D eigenvalue weighted by Crippen LogP contribution is -2.44. The molecule has 4 nitrogen and oxygen atoms in total.